The Kier molecular flexibility index (Phi) is 4.20. The largest absolute Gasteiger partial charge is 0.462 e. The maximum Gasteiger partial charge on any atom is 0.338 e. The highest BCUT2D eigenvalue weighted by Crippen LogP contribution is 2.18. The number of hydrogen-bond donors (Lipinski definition) is 0. The summed E-state index contributed by atoms with van der Waals surface area (Å²) < 4.78 is 5.02. The Bertz CT molecular complexity index is 412. The van der Waals surface area contributed by atoms with Gasteiger partial charge in [0.15, 0.2) is 0 Å². The van der Waals surface area contributed by atoms with E-state index in [1.54, 1.807) is 6.07 Å². The van der Waals surface area contributed by atoms with E-state index < -0.39 is 0 Å². The summed E-state index contributed by atoms with van der Waals surface area (Å²) in [5, 5.41) is 0. The molecule has 18 heavy (non-hydrogen) atoms. The molecule has 1 aliphatic rings. The molecule has 0 bridgehead atoms. The molecule has 1 aromatic carbocycles. The zero-order chi connectivity index (χ0) is 13.0. The zero-order valence-electron chi connectivity index (χ0n) is 11.1. The predicted octanol–water partition coefficient (Wildman–Crippen LogP) is 1.62. The minimum atomic E-state index is -0.242. The van der Waals surface area contributed by atoms with Crippen LogP contribution in [-0.2, 0) is 4.74 Å². The molecule has 0 saturated carbocycles. The summed E-state index contributed by atoms with van der Waals surface area (Å²) in [4.78, 5) is 16.3. The number of esters is 1. The van der Waals surface area contributed by atoms with Gasteiger partial charge >= 0.3 is 5.97 Å². The molecule has 0 spiro atoms. The maximum absolute atomic E-state index is 11.7. The lowest BCUT2D eigenvalue weighted by Gasteiger charge is -2.34. The van der Waals surface area contributed by atoms with Gasteiger partial charge in [-0.2, -0.15) is 0 Å². The molecule has 1 aromatic rings. The van der Waals surface area contributed by atoms with Gasteiger partial charge in [-0.05, 0) is 32.2 Å². The van der Waals surface area contributed by atoms with Crippen LogP contribution in [0.1, 0.15) is 17.3 Å². The van der Waals surface area contributed by atoms with Crippen LogP contribution >= 0.6 is 0 Å². The van der Waals surface area contributed by atoms with E-state index in [1.807, 2.05) is 25.1 Å². The van der Waals surface area contributed by atoms with Crippen molar-refractivity contribution in [3.8, 4) is 0 Å². The van der Waals surface area contributed by atoms with Crippen LogP contribution in [0.5, 0.6) is 0 Å². The summed E-state index contributed by atoms with van der Waals surface area (Å²) in [5.41, 5.74) is 1.74. The fourth-order valence-corrected chi connectivity index (χ4v) is 2.11. The van der Waals surface area contributed by atoms with Gasteiger partial charge in [-0.1, -0.05) is 6.07 Å². The summed E-state index contributed by atoms with van der Waals surface area (Å²) in [7, 11) is 2.13. The highest BCUT2D eigenvalue weighted by atomic mass is 16.5. The second-order valence-corrected chi connectivity index (χ2v) is 4.56. The number of rotatable bonds is 3. The predicted molar refractivity (Wildman–Crippen MR) is 72.1 cm³/mol. The summed E-state index contributed by atoms with van der Waals surface area (Å²) in [6.45, 7) is 6.36. The molecule has 1 fully saturated rings. The molecule has 98 valence electrons. The number of carbonyl (C=O) groups excluding carboxylic acids is 1. The molecule has 0 aliphatic carbocycles. The van der Waals surface area contributed by atoms with Crippen molar-refractivity contribution in [2.24, 2.45) is 0 Å². The first-order valence-electron chi connectivity index (χ1n) is 6.41. The topological polar surface area (TPSA) is 32.8 Å². The summed E-state index contributed by atoms with van der Waals surface area (Å²) in [5.74, 6) is -0.242. The molecule has 1 saturated heterocycles. The number of likely N-dealkylation sites (N-methyl/N-ethyl adjacent to an activating group) is 1. The second-order valence-electron chi connectivity index (χ2n) is 4.56. The van der Waals surface area contributed by atoms with E-state index in [4.69, 9.17) is 4.74 Å². The number of piperazine rings is 1. The molecule has 0 N–H and O–H groups in total. The van der Waals surface area contributed by atoms with Crippen LogP contribution in [0.4, 0.5) is 5.69 Å². The Balaban J connectivity index is 2.09. The van der Waals surface area contributed by atoms with E-state index in [-0.39, 0.29) is 5.97 Å². The average molecular weight is 248 g/mol. The van der Waals surface area contributed by atoms with Crippen LogP contribution in [0.2, 0.25) is 0 Å². The van der Waals surface area contributed by atoms with Gasteiger partial charge in [-0.3, -0.25) is 0 Å². The van der Waals surface area contributed by atoms with Gasteiger partial charge in [-0.25, -0.2) is 4.79 Å². The van der Waals surface area contributed by atoms with Crippen molar-refractivity contribution >= 4 is 11.7 Å². The van der Waals surface area contributed by atoms with Crippen LogP contribution in [0, 0.1) is 0 Å². The van der Waals surface area contributed by atoms with E-state index in [1.165, 1.54) is 0 Å². The van der Waals surface area contributed by atoms with Crippen LogP contribution in [0.25, 0.3) is 0 Å². The molecule has 0 amide bonds. The van der Waals surface area contributed by atoms with Gasteiger partial charge in [0.05, 0.1) is 12.2 Å². The fourth-order valence-electron chi connectivity index (χ4n) is 2.11. The molecule has 0 atom stereocenters. The molecule has 4 nitrogen and oxygen atoms in total. The number of anilines is 1. The average Bonchev–Trinajstić information content (AvgIpc) is 2.40. The normalized spacial score (nSPS) is 16.7. The third-order valence-electron chi connectivity index (χ3n) is 3.23. The summed E-state index contributed by atoms with van der Waals surface area (Å²) in [6, 6.07) is 7.69. The first-order valence-corrected chi connectivity index (χ1v) is 6.41. The van der Waals surface area contributed by atoms with E-state index in [0.717, 1.165) is 31.9 Å². The molecule has 0 aromatic heterocycles. The SMILES string of the molecule is CCOC(=O)c1cccc(N2CCN(C)CC2)c1. The first kappa shape index (κ1) is 12.9. The van der Waals surface area contributed by atoms with E-state index >= 15 is 0 Å². The molecule has 4 heteroatoms. The molecular formula is C14H20N2O2. The van der Waals surface area contributed by atoms with Crippen LogP contribution in [0.3, 0.4) is 0 Å². The van der Waals surface area contributed by atoms with Gasteiger partial charge in [0.25, 0.3) is 0 Å². The highest BCUT2D eigenvalue weighted by molar-refractivity contribution is 5.90. The lowest BCUT2D eigenvalue weighted by atomic mass is 10.1. The van der Waals surface area contributed by atoms with Crippen LogP contribution < -0.4 is 4.90 Å². The lowest BCUT2D eigenvalue weighted by Crippen LogP contribution is -2.44. The fraction of sp³-hybridized carbons (Fsp3) is 0.500. The second kappa shape index (κ2) is 5.87. The molecule has 2 rings (SSSR count). The molecule has 1 heterocycles. The van der Waals surface area contributed by atoms with Crippen molar-refractivity contribution in [1.82, 2.24) is 4.90 Å². The molecule has 0 unspecified atom stereocenters. The minimum absolute atomic E-state index is 0.242. The third-order valence-corrected chi connectivity index (χ3v) is 3.23. The Morgan fingerprint density at radius 2 is 2.00 bits per heavy atom. The number of carbonyl (C=O) groups is 1. The van der Waals surface area contributed by atoms with Gasteiger partial charge in [-0.15, -0.1) is 0 Å². The molecule has 0 radical (unpaired) electrons. The van der Waals surface area contributed by atoms with Crippen molar-refractivity contribution in [3.05, 3.63) is 29.8 Å². The number of nitrogens with zero attached hydrogens (tertiary/aromatic N) is 2. The maximum atomic E-state index is 11.7. The quantitative estimate of drug-likeness (QED) is 0.761. The number of benzene rings is 1. The van der Waals surface area contributed by atoms with Crippen LogP contribution in [-0.4, -0.2) is 50.7 Å². The van der Waals surface area contributed by atoms with Crippen LogP contribution in [0.15, 0.2) is 24.3 Å². The smallest absolute Gasteiger partial charge is 0.338 e. The standard InChI is InChI=1S/C14H20N2O2/c1-3-18-14(17)12-5-4-6-13(11-12)16-9-7-15(2)8-10-16/h4-6,11H,3,7-10H2,1-2H3. The van der Waals surface area contributed by atoms with Gasteiger partial charge in [0, 0.05) is 31.9 Å². The minimum Gasteiger partial charge on any atom is -0.462 e. The van der Waals surface area contributed by atoms with E-state index in [9.17, 15) is 4.79 Å². The Morgan fingerprint density at radius 1 is 1.28 bits per heavy atom. The van der Waals surface area contributed by atoms with Gasteiger partial charge in [0.2, 0.25) is 0 Å². The van der Waals surface area contributed by atoms with Crippen molar-refractivity contribution in [2.45, 2.75) is 6.92 Å². The monoisotopic (exact) mass is 248 g/mol. The van der Waals surface area contributed by atoms with Gasteiger partial charge < -0.3 is 14.5 Å². The Morgan fingerprint density at radius 3 is 2.67 bits per heavy atom. The lowest BCUT2D eigenvalue weighted by molar-refractivity contribution is 0.0526. The molecule has 1 aliphatic heterocycles. The Hall–Kier alpha value is -1.55. The van der Waals surface area contributed by atoms with Gasteiger partial charge in [0.1, 0.15) is 0 Å². The highest BCUT2D eigenvalue weighted by Gasteiger charge is 2.15. The van der Waals surface area contributed by atoms with Crippen molar-refractivity contribution in [2.75, 3.05) is 44.7 Å². The molecular weight excluding hydrogens is 228 g/mol. The number of ether oxygens (including phenoxy) is 1. The third kappa shape index (κ3) is 3.01. The van der Waals surface area contributed by atoms with Crippen molar-refractivity contribution in [1.29, 1.82) is 0 Å². The van der Waals surface area contributed by atoms with Crippen molar-refractivity contribution < 1.29 is 9.53 Å². The number of hydrogen-bond acceptors (Lipinski definition) is 4. The zero-order valence-corrected chi connectivity index (χ0v) is 11.1. The first-order chi connectivity index (χ1) is 8.70. The van der Waals surface area contributed by atoms with E-state index in [0.29, 0.717) is 12.2 Å². The summed E-state index contributed by atoms with van der Waals surface area (Å²) in [6.07, 6.45) is 0. The van der Waals surface area contributed by atoms with E-state index in [2.05, 4.69) is 16.8 Å². The summed E-state index contributed by atoms with van der Waals surface area (Å²) >= 11 is 0. The Labute approximate surface area is 108 Å². The van der Waals surface area contributed by atoms with Crippen molar-refractivity contribution in [3.63, 3.8) is 0 Å².